The number of nitrogens with zero attached hydrogens (tertiary/aromatic N) is 1. The van der Waals surface area contributed by atoms with Crippen molar-refractivity contribution in [2.45, 2.75) is 33.7 Å². The average Bonchev–Trinajstić information content (AvgIpc) is 2.49. The largest absolute Gasteiger partial charge is 0.492 e. The molecular formula is C18H24N2O. The molecule has 112 valence electrons. The molecule has 0 saturated heterocycles. The van der Waals surface area contributed by atoms with Crippen LogP contribution in [0.5, 0.6) is 5.75 Å². The predicted molar refractivity (Wildman–Crippen MR) is 87.6 cm³/mol. The Morgan fingerprint density at radius 2 is 2.00 bits per heavy atom. The summed E-state index contributed by atoms with van der Waals surface area (Å²) >= 11 is 0. The molecule has 0 aliphatic carbocycles. The SMILES string of the molecule is CCCNCc1ccc(C)cc1-c1cncc(OCC)c1. The molecule has 3 nitrogen and oxygen atoms in total. The number of aryl methyl sites for hydroxylation is 1. The van der Waals surface area contributed by atoms with Crippen LogP contribution in [0.25, 0.3) is 11.1 Å². The van der Waals surface area contributed by atoms with E-state index in [9.17, 15) is 0 Å². The lowest BCUT2D eigenvalue weighted by molar-refractivity contribution is 0.339. The van der Waals surface area contributed by atoms with Crippen LogP contribution in [0.4, 0.5) is 0 Å². The number of nitrogens with one attached hydrogen (secondary N) is 1. The zero-order chi connectivity index (χ0) is 15.1. The van der Waals surface area contributed by atoms with E-state index in [1.54, 1.807) is 6.20 Å². The number of aromatic nitrogens is 1. The van der Waals surface area contributed by atoms with Crippen LogP contribution in [0.2, 0.25) is 0 Å². The third-order valence-corrected chi connectivity index (χ3v) is 3.34. The summed E-state index contributed by atoms with van der Waals surface area (Å²) in [5.41, 5.74) is 4.89. The van der Waals surface area contributed by atoms with E-state index in [2.05, 4.69) is 48.4 Å². The van der Waals surface area contributed by atoms with Crippen molar-refractivity contribution >= 4 is 0 Å². The fraction of sp³-hybridized carbons (Fsp3) is 0.389. The highest BCUT2D eigenvalue weighted by Crippen LogP contribution is 2.27. The van der Waals surface area contributed by atoms with E-state index >= 15 is 0 Å². The molecule has 0 bridgehead atoms. The summed E-state index contributed by atoms with van der Waals surface area (Å²) in [4.78, 5) is 4.30. The number of hydrogen-bond acceptors (Lipinski definition) is 3. The standard InChI is InChI=1S/C18H24N2O/c1-4-8-19-11-15-7-6-14(3)9-18(15)16-10-17(21-5-2)13-20-12-16/h6-7,9-10,12-13,19H,4-5,8,11H2,1-3H3. The Bertz CT molecular complexity index is 581. The molecule has 1 aromatic heterocycles. The third-order valence-electron chi connectivity index (χ3n) is 3.34. The molecule has 0 aliphatic heterocycles. The van der Waals surface area contributed by atoms with Gasteiger partial charge in [0, 0.05) is 18.3 Å². The van der Waals surface area contributed by atoms with Crippen molar-refractivity contribution in [3.63, 3.8) is 0 Å². The van der Waals surface area contributed by atoms with Gasteiger partial charge in [-0.05, 0) is 44.0 Å². The van der Waals surface area contributed by atoms with Gasteiger partial charge in [0.25, 0.3) is 0 Å². The first kappa shape index (κ1) is 15.5. The Morgan fingerprint density at radius 3 is 2.76 bits per heavy atom. The van der Waals surface area contributed by atoms with E-state index in [1.165, 1.54) is 16.7 Å². The summed E-state index contributed by atoms with van der Waals surface area (Å²) in [7, 11) is 0. The highest BCUT2D eigenvalue weighted by molar-refractivity contribution is 5.68. The lowest BCUT2D eigenvalue weighted by Crippen LogP contribution is -2.14. The van der Waals surface area contributed by atoms with Crippen molar-refractivity contribution < 1.29 is 4.74 Å². The Kier molecular flexibility index (Phi) is 5.76. The second-order valence-corrected chi connectivity index (χ2v) is 5.18. The Labute approximate surface area is 127 Å². The van der Waals surface area contributed by atoms with E-state index in [4.69, 9.17) is 4.74 Å². The van der Waals surface area contributed by atoms with Gasteiger partial charge in [-0.2, -0.15) is 0 Å². The van der Waals surface area contributed by atoms with Gasteiger partial charge in [0.1, 0.15) is 5.75 Å². The lowest BCUT2D eigenvalue weighted by atomic mass is 9.98. The van der Waals surface area contributed by atoms with Crippen LogP contribution in [0.15, 0.2) is 36.7 Å². The molecule has 1 N–H and O–H groups in total. The van der Waals surface area contributed by atoms with Crippen LogP contribution in [0.3, 0.4) is 0 Å². The van der Waals surface area contributed by atoms with Crippen LogP contribution >= 0.6 is 0 Å². The minimum Gasteiger partial charge on any atom is -0.492 e. The molecule has 0 radical (unpaired) electrons. The first-order valence-electron chi connectivity index (χ1n) is 7.63. The number of ether oxygens (including phenoxy) is 1. The van der Waals surface area contributed by atoms with Gasteiger partial charge in [0.05, 0.1) is 12.8 Å². The number of benzene rings is 1. The lowest BCUT2D eigenvalue weighted by Gasteiger charge is -2.12. The zero-order valence-corrected chi connectivity index (χ0v) is 13.1. The minimum atomic E-state index is 0.657. The van der Waals surface area contributed by atoms with Gasteiger partial charge in [0.2, 0.25) is 0 Å². The first-order chi connectivity index (χ1) is 10.2. The molecule has 0 atom stereocenters. The quantitative estimate of drug-likeness (QED) is 0.782. The smallest absolute Gasteiger partial charge is 0.138 e. The molecule has 1 aromatic carbocycles. The van der Waals surface area contributed by atoms with Crippen molar-refractivity contribution in [3.05, 3.63) is 47.8 Å². The average molecular weight is 284 g/mol. The third kappa shape index (κ3) is 4.30. The second kappa shape index (κ2) is 7.79. The Hall–Kier alpha value is -1.87. The number of hydrogen-bond donors (Lipinski definition) is 1. The molecule has 0 aliphatic rings. The van der Waals surface area contributed by atoms with Gasteiger partial charge < -0.3 is 10.1 Å². The molecule has 0 fully saturated rings. The fourth-order valence-corrected chi connectivity index (χ4v) is 2.32. The molecule has 0 spiro atoms. The molecule has 0 amide bonds. The highest BCUT2D eigenvalue weighted by atomic mass is 16.5. The normalized spacial score (nSPS) is 10.6. The van der Waals surface area contributed by atoms with Crippen LogP contribution in [0.1, 0.15) is 31.4 Å². The summed E-state index contributed by atoms with van der Waals surface area (Å²) < 4.78 is 5.56. The summed E-state index contributed by atoms with van der Waals surface area (Å²) in [6, 6.07) is 8.64. The summed E-state index contributed by atoms with van der Waals surface area (Å²) in [5.74, 6) is 0.823. The van der Waals surface area contributed by atoms with Crippen LogP contribution in [-0.4, -0.2) is 18.1 Å². The van der Waals surface area contributed by atoms with Crippen LogP contribution < -0.4 is 10.1 Å². The van der Waals surface area contributed by atoms with Gasteiger partial charge in [0.15, 0.2) is 0 Å². The van der Waals surface area contributed by atoms with Gasteiger partial charge in [-0.3, -0.25) is 4.98 Å². The zero-order valence-electron chi connectivity index (χ0n) is 13.1. The van der Waals surface area contributed by atoms with E-state index in [0.717, 1.165) is 30.8 Å². The molecule has 2 rings (SSSR count). The summed E-state index contributed by atoms with van der Waals surface area (Å²) in [5, 5.41) is 3.47. The Morgan fingerprint density at radius 1 is 1.14 bits per heavy atom. The summed E-state index contributed by atoms with van der Waals surface area (Å²) in [6.07, 6.45) is 4.81. The molecule has 0 saturated carbocycles. The van der Waals surface area contributed by atoms with Crippen LogP contribution in [0, 0.1) is 6.92 Å². The van der Waals surface area contributed by atoms with Gasteiger partial charge in [-0.25, -0.2) is 0 Å². The number of pyridine rings is 1. The van der Waals surface area contributed by atoms with Gasteiger partial charge in [-0.1, -0.05) is 30.7 Å². The van der Waals surface area contributed by atoms with E-state index in [0.29, 0.717) is 6.61 Å². The first-order valence-corrected chi connectivity index (χ1v) is 7.63. The molecule has 0 unspecified atom stereocenters. The summed E-state index contributed by atoms with van der Waals surface area (Å²) in [6.45, 7) is 8.85. The van der Waals surface area contributed by atoms with Gasteiger partial charge >= 0.3 is 0 Å². The van der Waals surface area contributed by atoms with Crippen molar-refractivity contribution in [2.75, 3.05) is 13.2 Å². The molecule has 2 aromatic rings. The van der Waals surface area contributed by atoms with Crippen molar-refractivity contribution in [1.82, 2.24) is 10.3 Å². The maximum atomic E-state index is 5.56. The minimum absolute atomic E-state index is 0.657. The van der Waals surface area contributed by atoms with E-state index < -0.39 is 0 Å². The predicted octanol–water partition coefficient (Wildman–Crippen LogP) is 3.96. The van der Waals surface area contributed by atoms with Gasteiger partial charge in [-0.15, -0.1) is 0 Å². The monoisotopic (exact) mass is 284 g/mol. The molecule has 1 heterocycles. The van der Waals surface area contributed by atoms with Crippen molar-refractivity contribution in [2.24, 2.45) is 0 Å². The molecule has 3 heteroatoms. The highest BCUT2D eigenvalue weighted by Gasteiger charge is 2.07. The van der Waals surface area contributed by atoms with E-state index in [1.807, 2.05) is 13.1 Å². The van der Waals surface area contributed by atoms with Crippen molar-refractivity contribution in [3.8, 4) is 16.9 Å². The Balaban J connectivity index is 2.32. The van der Waals surface area contributed by atoms with Crippen LogP contribution in [-0.2, 0) is 6.54 Å². The van der Waals surface area contributed by atoms with E-state index in [-0.39, 0.29) is 0 Å². The topological polar surface area (TPSA) is 34.2 Å². The van der Waals surface area contributed by atoms with Crippen molar-refractivity contribution in [1.29, 1.82) is 0 Å². The number of rotatable bonds is 7. The molecule has 21 heavy (non-hydrogen) atoms. The maximum Gasteiger partial charge on any atom is 0.138 e. The maximum absolute atomic E-state index is 5.56. The molecular weight excluding hydrogens is 260 g/mol. The second-order valence-electron chi connectivity index (χ2n) is 5.18. The fourth-order valence-electron chi connectivity index (χ4n) is 2.32.